The molecule has 486 valence electrons. The van der Waals surface area contributed by atoms with Crippen molar-refractivity contribution in [2.45, 2.75) is 412 Å². The minimum Gasteiger partial charge on any atom is -0.462 e. The van der Waals surface area contributed by atoms with Crippen LogP contribution in [-0.2, 0) is 28.6 Å². The van der Waals surface area contributed by atoms with Gasteiger partial charge in [-0.15, -0.1) is 0 Å². The van der Waals surface area contributed by atoms with E-state index in [1.54, 1.807) is 0 Å². The molecule has 0 spiro atoms. The molecule has 0 aliphatic carbocycles. The van der Waals surface area contributed by atoms with E-state index in [0.717, 1.165) is 83.5 Å². The molecule has 1 unspecified atom stereocenters. The number of rotatable bonds is 69. The molecule has 6 heteroatoms. The Bertz CT molecular complexity index is 1430. The minimum absolute atomic E-state index is 0.0749. The third kappa shape index (κ3) is 70.0. The van der Waals surface area contributed by atoms with Crippen molar-refractivity contribution in [1.82, 2.24) is 0 Å². The number of ether oxygens (including phenoxy) is 3. The number of carbonyl (C=O) groups is 3. The van der Waals surface area contributed by atoms with Crippen LogP contribution in [0, 0.1) is 0 Å². The van der Waals surface area contributed by atoms with Crippen LogP contribution in [0.25, 0.3) is 0 Å². The van der Waals surface area contributed by atoms with Gasteiger partial charge in [0.1, 0.15) is 13.2 Å². The molecule has 0 aromatic rings. The van der Waals surface area contributed by atoms with E-state index < -0.39 is 6.10 Å². The lowest BCUT2D eigenvalue weighted by Gasteiger charge is -2.18. The summed E-state index contributed by atoms with van der Waals surface area (Å²) in [6.45, 7) is 6.67. The van der Waals surface area contributed by atoms with Crippen LogP contribution in [0.3, 0.4) is 0 Å². The minimum atomic E-state index is -0.781. The van der Waals surface area contributed by atoms with Gasteiger partial charge in [0.15, 0.2) is 6.10 Å². The molecular formula is C77H142O6. The van der Waals surface area contributed by atoms with E-state index in [4.69, 9.17) is 14.2 Å². The summed E-state index contributed by atoms with van der Waals surface area (Å²) < 4.78 is 17.0. The Balaban J connectivity index is 4.24. The van der Waals surface area contributed by atoms with E-state index in [-0.39, 0.29) is 31.1 Å². The fourth-order valence-corrected chi connectivity index (χ4v) is 11.2. The van der Waals surface area contributed by atoms with Crippen molar-refractivity contribution in [3.8, 4) is 0 Å². The molecule has 0 aliphatic rings. The Morgan fingerprint density at radius 2 is 0.434 bits per heavy atom. The number of unbranched alkanes of at least 4 members (excludes halogenated alkanes) is 50. The van der Waals surface area contributed by atoms with Crippen molar-refractivity contribution in [3.63, 3.8) is 0 Å². The Morgan fingerprint density at radius 3 is 0.675 bits per heavy atom. The molecule has 1 atom stereocenters. The van der Waals surface area contributed by atoms with E-state index >= 15 is 0 Å². The first-order valence-corrected chi connectivity index (χ1v) is 37.1. The van der Waals surface area contributed by atoms with Gasteiger partial charge in [-0.05, 0) is 83.5 Å². The lowest BCUT2D eigenvalue weighted by Crippen LogP contribution is -2.30. The molecule has 0 saturated heterocycles. The second-order valence-corrected chi connectivity index (χ2v) is 25.2. The Hall–Kier alpha value is -2.63. The van der Waals surface area contributed by atoms with E-state index in [1.807, 2.05) is 0 Å². The quantitative estimate of drug-likeness (QED) is 0.0261. The maximum Gasteiger partial charge on any atom is 0.306 e. The van der Waals surface area contributed by atoms with Crippen LogP contribution in [0.1, 0.15) is 406 Å². The summed E-state index contributed by atoms with van der Waals surface area (Å²) in [6.07, 6.45) is 91.5. The summed E-state index contributed by atoms with van der Waals surface area (Å²) in [7, 11) is 0. The maximum absolute atomic E-state index is 13.0. The highest BCUT2D eigenvalue weighted by atomic mass is 16.6. The summed E-state index contributed by atoms with van der Waals surface area (Å²) in [4.78, 5) is 38.5. The SMILES string of the molecule is CCCCCC/C=C\C/C=C\CCCCCCCCCC(=O)OCC(COC(=O)CCCCCCCCCCCCCCCCCCCCCCCCCCCCCCC)OC(=O)CCCCCCCCC/C=C\C/C=C\CCCCCC. The number of hydrogen-bond acceptors (Lipinski definition) is 6. The van der Waals surface area contributed by atoms with Gasteiger partial charge in [-0.3, -0.25) is 14.4 Å². The van der Waals surface area contributed by atoms with Crippen molar-refractivity contribution >= 4 is 17.9 Å². The van der Waals surface area contributed by atoms with Gasteiger partial charge in [-0.25, -0.2) is 0 Å². The number of allylic oxidation sites excluding steroid dienone is 8. The van der Waals surface area contributed by atoms with Gasteiger partial charge in [0.05, 0.1) is 0 Å². The van der Waals surface area contributed by atoms with Gasteiger partial charge in [0, 0.05) is 19.3 Å². The molecule has 0 radical (unpaired) electrons. The van der Waals surface area contributed by atoms with Crippen LogP contribution >= 0.6 is 0 Å². The second kappa shape index (κ2) is 71.8. The monoisotopic (exact) mass is 1160 g/mol. The highest BCUT2D eigenvalue weighted by molar-refractivity contribution is 5.71. The van der Waals surface area contributed by atoms with Gasteiger partial charge >= 0.3 is 17.9 Å². The Labute approximate surface area is 518 Å². The van der Waals surface area contributed by atoms with Crippen LogP contribution < -0.4 is 0 Å². The van der Waals surface area contributed by atoms with E-state index in [2.05, 4.69) is 69.4 Å². The first kappa shape index (κ1) is 80.4. The molecular weight excluding hydrogens is 1020 g/mol. The smallest absolute Gasteiger partial charge is 0.306 e. The first-order valence-electron chi connectivity index (χ1n) is 37.1. The van der Waals surface area contributed by atoms with E-state index in [9.17, 15) is 14.4 Å². The van der Waals surface area contributed by atoms with Crippen molar-refractivity contribution in [2.24, 2.45) is 0 Å². The maximum atomic E-state index is 13.0. The molecule has 0 N–H and O–H groups in total. The summed E-state index contributed by atoms with van der Waals surface area (Å²) in [5, 5.41) is 0. The predicted molar refractivity (Wildman–Crippen MR) is 362 cm³/mol. The molecule has 0 heterocycles. The topological polar surface area (TPSA) is 78.9 Å². The van der Waals surface area contributed by atoms with Crippen molar-refractivity contribution < 1.29 is 28.6 Å². The normalized spacial score (nSPS) is 12.3. The van der Waals surface area contributed by atoms with Crippen LogP contribution in [0.4, 0.5) is 0 Å². The Kier molecular flexibility index (Phi) is 69.6. The highest BCUT2D eigenvalue weighted by Gasteiger charge is 2.19. The van der Waals surface area contributed by atoms with Gasteiger partial charge in [-0.2, -0.15) is 0 Å². The molecule has 0 bridgehead atoms. The zero-order valence-electron chi connectivity index (χ0n) is 56.0. The zero-order valence-corrected chi connectivity index (χ0v) is 56.0. The Morgan fingerprint density at radius 1 is 0.241 bits per heavy atom. The molecule has 0 aromatic heterocycles. The fourth-order valence-electron chi connectivity index (χ4n) is 11.2. The van der Waals surface area contributed by atoms with Crippen molar-refractivity contribution in [3.05, 3.63) is 48.6 Å². The average Bonchev–Trinajstić information content (AvgIpc) is 3.50. The highest BCUT2D eigenvalue weighted by Crippen LogP contribution is 2.19. The summed E-state index contributed by atoms with van der Waals surface area (Å²) in [5.74, 6) is -0.863. The van der Waals surface area contributed by atoms with Crippen LogP contribution in [0.15, 0.2) is 48.6 Å². The van der Waals surface area contributed by atoms with Crippen LogP contribution in [0.2, 0.25) is 0 Å². The van der Waals surface area contributed by atoms with Crippen molar-refractivity contribution in [1.29, 1.82) is 0 Å². The van der Waals surface area contributed by atoms with Gasteiger partial charge < -0.3 is 14.2 Å². The van der Waals surface area contributed by atoms with Crippen LogP contribution in [-0.4, -0.2) is 37.2 Å². The summed E-state index contributed by atoms with van der Waals surface area (Å²) in [5.41, 5.74) is 0. The third-order valence-corrected chi connectivity index (χ3v) is 16.8. The molecule has 0 rings (SSSR count). The third-order valence-electron chi connectivity index (χ3n) is 16.8. The molecule has 0 amide bonds. The van der Waals surface area contributed by atoms with Gasteiger partial charge in [0.2, 0.25) is 0 Å². The largest absolute Gasteiger partial charge is 0.462 e. The number of carbonyl (C=O) groups excluding carboxylic acids is 3. The number of esters is 3. The van der Waals surface area contributed by atoms with Gasteiger partial charge in [-0.1, -0.05) is 352 Å². The first-order chi connectivity index (χ1) is 41.0. The molecule has 0 aromatic carbocycles. The van der Waals surface area contributed by atoms with Gasteiger partial charge in [0.25, 0.3) is 0 Å². The van der Waals surface area contributed by atoms with E-state index in [1.165, 1.54) is 283 Å². The number of hydrogen-bond donors (Lipinski definition) is 0. The molecule has 83 heavy (non-hydrogen) atoms. The zero-order chi connectivity index (χ0) is 59.9. The van der Waals surface area contributed by atoms with Crippen molar-refractivity contribution in [2.75, 3.05) is 13.2 Å². The second-order valence-electron chi connectivity index (χ2n) is 25.2. The predicted octanol–water partition coefficient (Wildman–Crippen LogP) is 25.7. The molecule has 0 aliphatic heterocycles. The molecule has 0 saturated carbocycles. The van der Waals surface area contributed by atoms with E-state index in [0.29, 0.717) is 19.3 Å². The molecule has 6 nitrogen and oxygen atoms in total. The summed E-state index contributed by atoms with van der Waals surface area (Å²) >= 11 is 0. The standard InChI is InChI=1S/C77H142O6/c1-4-7-10-13-16-19-22-25-28-31-34-35-36-37-38-39-40-41-42-43-44-47-49-52-55-58-61-64-67-70-76(79)82-73-74(83-77(80)71-68-65-62-59-56-53-50-46-33-30-27-24-21-18-15-12-9-6-3)72-81-75(78)69-66-63-60-57-54-51-48-45-32-29-26-23-20-17-14-11-8-5-2/h20-21,23-24,29-30,32-33,74H,4-19,22,25-28,31,34-73H2,1-3H3/b23-20-,24-21-,32-29-,33-30-. The fraction of sp³-hybridized carbons (Fsp3) is 0.857. The summed E-state index contributed by atoms with van der Waals surface area (Å²) in [6, 6.07) is 0. The average molecular weight is 1160 g/mol. The lowest BCUT2D eigenvalue weighted by atomic mass is 10.0. The van der Waals surface area contributed by atoms with Crippen LogP contribution in [0.5, 0.6) is 0 Å². The lowest BCUT2D eigenvalue weighted by molar-refractivity contribution is -0.167. The molecule has 0 fully saturated rings.